The summed E-state index contributed by atoms with van der Waals surface area (Å²) >= 11 is 3.45. The van der Waals surface area contributed by atoms with Crippen LogP contribution in [0.2, 0.25) is 0 Å². The van der Waals surface area contributed by atoms with Crippen LogP contribution >= 0.6 is 23.5 Å². The fourth-order valence-corrected chi connectivity index (χ4v) is 3.88. The molecule has 3 rings (SSSR count). The third-order valence-electron chi connectivity index (χ3n) is 2.39. The lowest BCUT2D eigenvalue weighted by Gasteiger charge is -2.18. The minimum absolute atomic E-state index is 0.455. The van der Waals surface area contributed by atoms with Gasteiger partial charge >= 0.3 is 0 Å². The van der Waals surface area contributed by atoms with Gasteiger partial charge in [-0.15, -0.1) is 0 Å². The van der Waals surface area contributed by atoms with Crippen molar-refractivity contribution in [3.8, 4) is 5.75 Å². The van der Waals surface area contributed by atoms with Gasteiger partial charge in [0.25, 0.3) is 6.47 Å². The molecule has 0 aromatic heterocycles. The molecule has 0 atom stereocenters. The van der Waals surface area contributed by atoms with Crippen molar-refractivity contribution < 1.29 is 9.53 Å². The lowest BCUT2D eigenvalue weighted by atomic mass is 10.3. The lowest BCUT2D eigenvalue weighted by molar-refractivity contribution is -0.120. The van der Waals surface area contributed by atoms with E-state index in [-0.39, 0.29) is 0 Å². The number of hydrogen-bond donors (Lipinski definition) is 0. The van der Waals surface area contributed by atoms with Crippen molar-refractivity contribution in [2.45, 2.75) is 19.6 Å². The van der Waals surface area contributed by atoms with Gasteiger partial charge in [-0.2, -0.15) is 0 Å². The van der Waals surface area contributed by atoms with Crippen LogP contribution in [-0.4, -0.2) is 6.47 Å². The Morgan fingerprint density at radius 1 is 0.882 bits per heavy atom. The highest BCUT2D eigenvalue weighted by molar-refractivity contribution is 8.05. The van der Waals surface area contributed by atoms with E-state index < -0.39 is 0 Å². The normalized spacial score (nSPS) is 12.5. The molecule has 2 aromatic carbocycles. The Balaban J connectivity index is 2.00. The number of hydrogen-bond acceptors (Lipinski definition) is 4. The highest BCUT2D eigenvalue weighted by Gasteiger charge is 2.16. The number of benzene rings is 2. The molecule has 1 aliphatic heterocycles. The molecule has 17 heavy (non-hydrogen) atoms. The summed E-state index contributed by atoms with van der Waals surface area (Å²) in [7, 11) is 0. The summed E-state index contributed by atoms with van der Waals surface area (Å²) in [6, 6.07) is 14.0. The Bertz CT molecular complexity index is 581. The Morgan fingerprint density at radius 3 is 2.24 bits per heavy atom. The van der Waals surface area contributed by atoms with Gasteiger partial charge in [0.1, 0.15) is 5.75 Å². The first-order chi connectivity index (χ1) is 8.36. The molecule has 1 heterocycles. The van der Waals surface area contributed by atoms with Crippen LogP contribution in [0.25, 0.3) is 0 Å². The molecule has 4 heteroatoms. The van der Waals surface area contributed by atoms with Gasteiger partial charge in [0.2, 0.25) is 0 Å². The monoisotopic (exact) mass is 260 g/mol. The van der Waals surface area contributed by atoms with E-state index >= 15 is 0 Å². The van der Waals surface area contributed by atoms with Gasteiger partial charge in [0.05, 0.1) is 0 Å². The first-order valence-corrected chi connectivity index (χ1v) is 6.69. The zero-order valence-electron chi connectivity index (χ0n) is 8.75. The van der Waals surface area contributed by atoms with Crippen molar-refractivity contribution in [3.05, 3.63) is 42.5 Å². The number of carbonyl (C=O) groups excluding carboxylic acids is 1. The smallest absolute Gasteiger partial charge is 0.298 e. The molecule has 2 nitrogen and oxygen atoms in total. The first kappa shape index (κ1) is 10.7. The van der Waals surface area contributed by atoms with Gasteiger partial charge in [0.15, 0.2) is 0 Å². The fraction of sp³-hybridized carbons (Fsp3) is 0. The quantitative estimate of drug-likeness (QED) is 0.654. The maximum Gasteiger partial charge on any atom is 0.298 e. The topological polar surface area (TPSA) is 26.3 Å². The van der Waals surface area contributed by atoms with Crippen molar-refractivity contribution in [1.82, 2.24) is 0 Å². The van der Waals surface area contributed by atoms with Crippen molar-refractivity contribution >= 4 is 30.0 Å². The third-order valence-corrected chi connectivity index (χ3v) is 4.93. The molecule has 0 saturated heterocycles. The standard InChI is InChI=1S/C13H8O2S2/c14-8-15-9-5-6-12-13(7-9)17-11-4-2-1-3-10(11)16-12/h1-8H. The molecule has 0 fully saturated rings. The van der Waals surface area contributed by atoms with E-state index in [2.05, 4.69) is 12.1 Å². The summed E-state index contributed by atoms with van der Waals surface area (Å²) < 4.78 is 4.86. The molecule has 0 unspecified atom stereocenters. The third kappa shape index (κ3) is 2.06. The van der Waals surface area contributed by atoms with Gasteiger partial charge in [-0.3, -0.25) is 4.79 Å². The van der Waals surface area contributed by atoms with Crippen molar-refractivity contribution in [2.24, 2.45) is 0 Å². The zero-order chi connectivity index (χ0) is 11.7. The SMILES string of the molecule is O=COc1ccc2c(c1)Sc1ccccc1S2. The maximum absolute atomic E-state index is 10.3. The molecule has 0 N–H and O–H groups in total. The molecule has 0 radical (unpaired) electrons. The van der Waals surface area contributed by atoms with E-state index in [0.29, 0.717) is 12.2 Å². The Kier molecular flexibility index (Phi) is 2.82. The second-order valence-corrected chi connectivity index (χ2v) is 5.64. The van der Waals surface area contributed by atoms with Crippen LogP contribution in [0.3, 0.4) is 0 Å². The molecular formula is C13H8O2S2. The second-order valence-electron chi connectivity index (χ2n) is 3.47. The van der Waals surface area contributed by atoms with E-state index in [1.54, 1.807) is 23.5 Å². The summed E-state index contributed by atoms with van der Waals surface area (Å²) in [6.07, 6.45) is 0. The van der Waals surface area contributed by atoms with Crippen LogP contribution in [0.4, 0.5) is 0 Å². The van der Waals surface area contributed by atoms with Gasteiger partial charge in [-0.25, -0.2) is 0 Å². The van der Waals surface area contributed by atoms with Crippen LogP contribution in [-0.2, 0) is 4.79 Å². The summed E-state index contributed by atoms with van der Waals surface area (Å²) in [6.45, 7) is 0.455. The van der Waals surface area contributed by atoms with Crippen molar-refractivity contribution in [2.75, 3.05) is 0 Å². The summed E-state index contributed by atoms with van der Waals surface area (Å²) in [4.78, 5) is 15.2. The highest BCUT2D eigenvalue weighted by atomic mass is 32.2. The van der Waals surface area contributed by atoms with E-state index in [1.807, 2.05) is 30.3 Å². The minimum Gasteiger partial charge on any atom is -0.429 e. The Hall–Kier alpha value is -1.39. The largest absolute Gasteiger partial charge is 0.429 e. The molecule has 0 saturated carbocycles. The van der Waals surface area contributed by atoms with E-state index in [0.717, 1.165) is 4.90 Å². The molecule has 0 bridgehead atoms. The molecule has 0 spiro atoms. The summed E-state index contributed by atoms with van der Waals surface area (Å²) in [5, 5.41) is 0. The minimum atomic E-state index is 0.455. The average Bonchev–Trinajstić information content (AvgIpc) is 2.36. The molecule has 0 aliphatic carbocycles. The number of fused-ring (bicyclic) bond motifs is 2. The average molecular weight is 260 g/mol. The summed E-state index contributed by atoms with van der Waals surface area (Å²) in [5.74, 6) is 0.589. The zero-order valence-corrected chi connectivity index (χ0v) is 10.4. The van der Waals surface area contributed by atoms with E-state index in [1.165, 1.54) is 14.7 Å². The maximum atomic E-state index is 10.3. The van der Waals surface area contributed by atoms with Crippen LogP contribution in [0.5, 0.6) is 5.75 Å². The Labute approximate surface area is 107 Å². The number of rotatable bonds is 2. The summed E-state index contributed by atoms with van der Waals surface area (Å²) in [5.41, 5.74) is 0. The number of carbonyl (C=O) groups is 1. The van der Waals surface area contributed by atoms with Crippen LogP contribution in [0.1, 0.15) is 0 Å². The van der Waals surface area contributed by atoms with Gasteiger partial charge in [-0.1, -0.05) is 35.7 Å². The first-order valence-electron chi connectivity index (χ1n) is 5.06. The van der Waals surface area contributed by atoms with Crippen LogP contribution in [0, 0.1) is 0 Å². The molecular weight excluding hydrogens is 252 g/mol. The molecule has 1 aliphatic rings. The second kappa shape index (κ2) is 4.47. The van der Waals surface area contributed by atoms with Crippen molar-refractivity contribution in [3.63, 3.8) is 0 Å². The predicted octanol–water partition coefficient (Wildman–Crippen LogP) is 3.84. The van der Waals surface area contributed by atoms with Crippen LogP contribution in [0.15, 0.2) is 62.0 Å². The Morgan fingerprint density at radius 2 is 1.53 bits per heavy atom. The predicted molar refractivity (Wildman–Crippen MR) is 67.8 cm³/mol. The van der Waals surface area contributed by atoms with E-state index in [4.69, 9.17) is 4.74 Å². The van der Waals surface area contributed by atoms with E-state index in [9.17, 15) is 4.79 Å². The van der Waals surface area contributed by atoms with Gasteiger partial charge in [-0.05, 0) is 30.3 Å². The highest BCUT2D eigenvalue weighted by Crippen LogP contribution is 2.48. The van der Waals surface area contributed by atoms with Gasteiger partial charge < -0.3 is 4.74 Å². The molecule has 84 valence electrons. The van der Waals surface area contributed by atoms with Crippen molar-refractivity contribution in [1.29, 1.82) is 0 Å². The molecule has 0 amide bonds. The fourth-order valence-electron chi connectivity index (χ4n) is 1.64. The van der Waals surface area contributed by atoms with Crippen LogP contribution < -0.4 is 4.74 Å². The van der Waals surface area contributed by atoms with Gasteiger partial charge in [0, 0.05) is 19.6 Å². The number of ether oxygens (including phenoxy) is 1. The molecule has 2 aromatic rings. The lowest BCUT2D eigenvalue weighted by Crippen LogP contribution is -1.92.